The van der Waals surface area contributed by atoms with Gasteiger partial charge in [-0.25, -0.2) is 0 Å². The third kappa shape index (κ3) is 4.58. The number of carbonyl (C=O) groups is 1. The molecule has 2 aromatic rings. The van der Waals surface area contributed by atoms with Crippen molar-refractivity contribution in [3.05, 3.63) is 64.2 Å². The van der Waals surface area contributed by atoms with Crippen molar-refractivity contribution in [2.75, 3.05) is 24.0 Å². The number of nitriles is 1. The summed E-state index contributed by atoms with van der Waals surface area (Å²) in [4.78, 5) is 12.6. The molecule has 5 nitrogen and oxygen atoms in total. The molecule has 0 saturated heterocycles. The number of para-hydroxylation sites is 2. The minimum absolute atomic E-state index is 0.0170. The maximum absolute atomic E-state index is 12.6. The Labute approximate surface area is 158 Å². The summed E-state index contributed by atoms with van der Waals surface area (Å²) in [5.74, 6) is 0.178. The number of methoxy groups -OCH3 is 1. The molecular formula is C20H21N3O2S. The van der Waals surface area contributed by atoms with Crippen LogP contribution in [0.2, 0.25) is 0 Å². The van der Waals surface area contributed by atoms with Gasteiger partial charge in [0.05, 0.1) is 17.8 Å². The Morgan fingerprint density at radius 1 is 1.12 bits per heavy atom. The van der Waals surface area contributed by atoms with Crippen molar-refractivity contribution in [1.29, 1.82) is 5.26 Å². The Morgan fingerprint density at radius 2 is 1.85 bits per heavy atom. The van der Waals surface area contributed by atoms with E-state index in [4.69, 9.17) is 4.74 Å². The highest BCUT2D eigenvalue weighted by molar-refractivity contribution is 8.02. The molecule has 2 aromatic carbocycles. The summed E-state index contributed by atoms with van der Waals surface area (Å²) in [6.07, 6.45) is 1.81. The van der Waals surface area contributed by atoms with Crippen LogP contribution in [0.5, 0.6) is 5.75 Å². The van der Waals surface area contributed by atoms with Crippen LogP contribution in [-0.4, -0.2) is 19.3 Å². The van der Waals surface area contributed by atoms with Crippen molar-refractivity contribution < 1.29 is 9.53 Å². The van der Waals surface area contributed by atoms with Crippen LogP contribution >= 0.6 is 11.8 Å². The van der Waals surface area contributed by atoms with Crippen molar-refractivity contribution in [3.63, 3.8) is 0 Å². The Balaban J connectivity index is 2.32. The van der Waals surface area contributed by atoms with E-state index in [1.807, 2.05) is 62.4 Å². The number of rotatable bonds is 6. The Kier molecular flexibility index (Phi) is 6.70. The average molecular weight is 367 g/mol. The zero-order chi connectivity index (χ0) is 19.1. The molecule has 0 aliphatic rings. The first kappa shape index (κ1) is 19.4. The smallest absolute Gasteiger partial charge is 0.269 e. The number of amides is 1. The normalized spacial score (nSPS) is 11.2. The summed E-state index contributed by atoms with van der Waals surface area (Å²) in [5, 5.41) is 15.9. The van der Waals surface area contributed by atoms with Gasteiger partial charge >= 0.3 is 0 Å². The van der Waals surface area contributed by atoms with E-state index in [9.17, 15) is 10.1 Å². The van der Waals surface area contributed by atoms with Crippen molar-refractivity contribution in [2.45, 2.75) is 13.8 Å². The Morgan fingerprint density at radius 3 is 2.46 bits per heavy atom. The number of aryl methyl sites for hydroxylation is 2. The zero-order valence-corrected chi connectivity index (χ0v) is 16.0. The van der Waals surface area contributed by atoms with Crippen LogP contribution in [0, 0.1) is 25.2 Å². The van der Waals surface area contributed by atoms with Crippen molar-refractivity contribution in [3.8, 4) is 11.8 Å². The van der Waals surface area contributed by atoms with Crippen LogP contribution in [0.15, 0.2) is 53.1 Å². The van der Waals surface area contributed by atoms with Gasteiger partial charge < -0.3 is 15.4 Å². The molecule has 26 heavy (non-hydrogen) atoms. The van der Waals surface area contributed by atoms with E-state index < -0.39 is 5.91 Å². The molecular weight excluding hydrogens is 346 g/mol. The highest BCUT2D eigenvalue weighted by Gasteiger charge is 2.17. The van der Waals surface area contributed by atoms with Crippen molar-refractivity contribution in [2.24, 2.45) is 0 Å². The van der Waals surface area contributed by atoms with E-state index in [1.54, 1.807) is 13.4 Å². The van der Waals surface area contributed by atoms with Gasteiger partial charge in [-0.15, -0.1) is 11.8 Å². The average Bonchev–Trinajstić information content (AvgIpc) is 2.64. The minimum atomic E-state index is -0.453. The molecule has 0 radical (unpaired) electrons. The monoisotopic (exact) mass is 367 g/mol. The lowest BCUT2D eigenvalue weighted by Gasteiger charge is -2.14. The molecule has 2 N–H and O–H groups in total. The second-order valence-electron chi connectivity index (χ2n) is 5.62. The SMILES string of the molecule is COc1ccccc1NC(SC)=C(C#N)C(=O)Nc1ccc(C)cc1C. The molecule has 0 saturated carbocycles. The third-order valence-corrected chi connectivity index (χ3v) is 4.47. The van der Waals surface area contributed by atoms with Gasteiger partial charge in [0.15, 0.2) is 0 Å². The van der Waals surface area contributed by atoms with Gasteiger partial charge in [0.1, 0.15) is 17.4 Å². The minimum Gasteiger partial charge on any atom is -0.495 e. The Hall–Kier alpha value is -2.91. The summed E-state index contributed by atoms with van der Waals surface area (Å²) in [6.45, 7) is 3.91. The molecule has 134 valence electrons. The van der Waals surface area contributed by atoms with Gasteiger partial charge in [-0.1, -0.05) is 29.8 Å². The lowest BCUT2D eigenvalue weighted by atomic mass is 10.1. The maximum Gasteiger partial charge on any atom is 0.269 e. The molecule has 6 heteroatoms. The van der Waals surface area contributed by atoms with E-state index in [0.29, 0.717) is 22.2 Å². The predicted molar refractivity (Wildman–Crippen MR) is 107 cm³/mol. The van der Waals surface area contributed by atoms with Gasteiger partial charge in [0, 0.05) is 5.69 Å². The molecule has 2 rings (SSSR count). The standard InChI is InChI=1S/C20H21N3O2S/c1-13-9-10-16(14(2)11-13)22-19(24)15(12-21)20(26-4)23-17-7-5-6-8-18(17)25-3/h5-11,23H,1-4H3,(H,22,24). The third-order valence-electron chi connectivity index (χ3n) is 3.76. The summed E-state index contributed by atoms with van der Waals surface area (Å²) in [5.41, 5.74) is 3.44. The van der Waals surface area contributed by atoms with Crippen LogP contribution in [-0.2, 0) is 4.79 Å². The predicted octanol–water partition coefficient (Wildman–Crippen LogP) is 4.46. The second kappa shape index (κ2) is 8.97. The maximum atomic E-state index is 12.6. The van der Waals surface area contributed by atoms with Crippen LogP contribution in [0.1, 0.15) is 11.1 Å². The number of ether oxygens (including phenoxy) is 1. The quantitative estimate of drug-likeness (QED) is 0.582. The van der Waals surface area contributed by atoms with E-state index in [1.165, 1.54) is 11.8 Å². The van der Waals surface area contributed by atoms with Gasteiger partial charge in [0.2, 0.25) is 0 Å². The van der Waals surface area contributed by atoms with Crippen LogP contribution in [0.3, 0.4) is 0 Å². The number of hydrogen-bond donors (Lipinski definition) is 2. The lowest BCUT2D eigenvalue weighted by molar-refractivity contribution is -0.112. The van der Waals surface area contributed by atoms with E-state index in [0.717, 1.165) is 11.1 Å². The summed E-state index contributed by atoms with van der Waals surface area (Å²) < 4.78 is 5.31. The molecule has 0 aliphatic carbocycles. The fourth-order valence-corrected chi connectivity index (χ4v) is 2.98. The molecule has 0 atom stereocenters. The zero-order valence-electron chi connectivity index (χ0n) is 15.2. The fraction of sp³-hybridized carbons (Fsp3) is 0.200. The molecule has 0 heterocycles. The Bertz CT molecular complexity index is 885. The first-order valence-electron chi connectivity index (χ1n) is 7.97. The summed E-state index contributed by atoms with van der Waals surface area (Å²) >= 11 is 1.29. The molecule has 0 aliphatic heterocycles. The summed E-state index contributed by atoms with van der Waals surface area (Å²) in [6, 6.07) is 15.1. The van der Waals surface area contributed by atoms with Crippen molar-refractivity contribution >= 4 is 29.0 Å². The lowest BCUT2D eigenvalue weighted by Crippen LogP contribution is -2.17. The van der Waals surface area contributed by atoms with E-state index >= 15 is 0 Å². The van der Waals surface area contributed by atoms with E-state index in [2.05, 4.69) is 10.6 Å². The molecule has 0 fully saturated rings. The topological polar surface area (TPSA) is 74.1 Å². The number of carbonyl (C=O) groups excluding carboxylic acids is 1. The molecule has 0 spiro atoms. The summed E-state index contributed by atoms with van der Waals surface area (Å²) in [7, 11) is 1.57. The molecule has 0 aromatic heterocycles. The highest BCUT2D eigenvalue weighted by atomic mass is 32.2. The number of nitrogens with zero attached hydrogens (tertiary/aromatic N) is 1. The van der Waals surface area contributed by atoms with Crippen molar-refractivity contribution in [1.82, 2.24) is 0 Å². The highest BCUT2D eigenvalue weighted by Crippen LogP contribution is 2.29. The number of hydrogen-bond acceptors (Lipinski definition) is 5. The van der Waals surface area contributed by atoms with Gasteiger partial charge in [0.25, 0.3) is 5.91 Å². The van der Waals surface area contributed by atoms with Gasteiger partial charge in [-0.3, -0.25) is 4.79 Å². The number of anilines is 2. The first-order valence-corrected chi connectivity index (χ1v) is 9.19. The van der Waals surface area contributed by atoms with Crippen LogP contribution < -0.4 is 15.4 Å². The molecule has 0 unspecified atom stereocenters. The van der Waals surface area contributed by atoms with Gasteiger partial charge in [-0.2, -0.15) is 5.26 Å². The number of thioether (sulfide) groups is 1. The van der Waals surface area contributed by atoms with E-state index in [-0.39, 0.29) is 5.57 Å². The van der Waals surface area contributed by atoms with Crippen LogP contribution in [0.25, 0.3) is 0 Å². The second-order valence-corrected chi connectivity index (χ2v) is 6.43. The first-order chi connectivity index (χ1) is 12.5. The van der Waals surface area contributed by atoms with Gasteiger partial charge in [-0.05, 0) is 43.9 Å². The fourth-order valence-electron chi connectivity index (χ4n) is 2.43. The van der Waals surface area contributed by atoms with Crippen LogP contribution in [0.4, 0.5) is 11.4 Å². The largest absolute Gasteiger partial charge is 0.495 e. The molecule has 1 amide bonds. The number of benzene rings is 2. The number of nitrogens with one attached hydrogen (secondary N) is 2. The molecule has 0 bridgehead atoms.